The molecule has 0 N–H and O–H groups in total. The summed E-state index contributed by atoms with van der Waals surface area (Å²) < 4.78 is 1.97. The van der Waals surface area contributed by atoms with Crippen LogP contribution in [-0.4, -0.2) is 14.5 Å². The molecule has 122 valence electrons. The lowest BCUT2D eigenvalue weighted by atomic mass is 10.3. The number of hydrogen-bond donors (Lipinski definition) is 0. The molecule has 0 aliphatic rings. The Kier molecular flexibility index (Phi) is 5.51. The maximum atomic E-state index is 6.12. The van der Waals surface area contributed by atoms with E-state index in [-0.39, 0.29) is 0 Å². The Bertz CT molecular complexity index is 887. The largest absolute Gasteiger partial charge is 0.327 e. The normalized spacial score (nSPS) is 11.7. The van der Waals surface area contributed by atoms with Gasteiger partial charge in [-0.2, -0.15) is 0 Å². The Morgan fingerprint density at radius 1 is 0.833 bits per heavy atom. The molecule has 3 rings (SSSR count). The van der Waals surface area contributed by atoms with Crippen LogP contribution in [0.15, 0.2) is 60.0 Å². The van der Waals surface area contributed by atoms with Gasteiger partial charge in [-0.3, -0.25) is 4.99 Å². The molecule has 0 saturated heterocycles. The molecule has 0 aliphatic carbocycles. The summed E-state index contributed by atoms with van der Waals surface area (Å²) in [7, 11) is 0. The molecule has 24 heavy (non-hydrogen) atoms. The van der Waals surface area contributed by atoms with Crippen molar-refractivity contribution >= 4 is 34.8 Å². The van der Waals surface area contributed by atoms with Crippen molar-refractivity contribution in [1.82, 2.24) is 14.5 Å². The van der Waals surface area contributed by atoms with Crippen molar-refractivity contribution in [3.8, 4) is 0 Å². The number of hydrogen-bond acceptors (Lipinski definition) is 3. The molecule has 0 fully saturated rings. The second kappa shape index (κ2) is 7.79. The number of halogens is 3. The predicted octanol–water partition coefficient (Wildman–Crippen LogP) is 4.39. The second-order valence-corrected chi connectivity index (χ2v) is 6.34. The number of aromatic nitrogens is 3. The average Bonchev–Trinajstić information content (AvgIpc) is 2.58. The summed E-state index contributed by atoms with van der Waals surface area (Å²) in [5, 5.41) is 1.58. The number of pyridine rings is 3. The zero-order chi connectivity index (χ0) is 16.9. The molecule has 0 radical (unpaired) electrons. The van der Waals surface area contributed by atoms with Crippen LogP contribution < -0.4 is 5.49 Å². The summed E-state index contributed by atoms with van der Waals surface area (Å²) in [6.07, 6.45) is 5.30. The van der Waals surface area contributed by atoms with Gasteiger partial charge >= 0.3 is 0 Å². The number of nitrogens with zero attached hydrogens (tertiary/aromatic N) is 4. The molecule has 0 saturated carbocycles. The lowest BCUT2D eigenvalue weighted by molar-refractivity contribution is 0.723. The molecule has 0 aromatic carbocycles. The quantitative estimate of drug-likeness (QED) is 0.631. The third-order valence-corrected chi connectivity index (χ3v) is 3.99. The fraction of sp³-hybridized carbons (Fsp3) is 0.118. The Balaban J connectivity index is 1.88. The summed E-state index contributed by atoms with van der Waals surface area (Å²) in [5.74, 6) is 0. The molecule has 0 spiro atoms. The Hall–Kier alpha value is -1.88. The highest BCUT2D eigenvalue weighted by atomic mass is 35.5. The van der Waals surface area contributed by atoms with E-state index in [1.165, 1.54) is 0 Å². The van der Waals surface area contributed by atoms with Crippen LogP contribution in [0, 0.1) is 0 Å². The van der Waals surface area contributed by atoms with Crippen LogP contribution in [0.25, 0.3) is 0 Å². The van der Waals surface area contributed by atoms with E-state index >= 15 is 0 Å². The minimum absolute atomic E-state index is 0.468. The minimum Gasteiger partial charge on any atom is -0.327 e. The molecule has 0 atom stereocenters. The molecule has 0 amide bonds. The fourth-order valence-corrected chi connectivity index (χ4v) is 2.55. The SMILES string of the molecule is Clc1ccc(=NCc2ccc(Cl)nc2)n(Cc2ccc(Cl)nc2)c1. The van der Waals surface area contributed by atoms with E-state index in [0.29, 0.717) is 28.4 Å². The molecular weight excluding hydrogens is 367 g/mol. The van der Waals surface area contributed by atoms with Gasteiger partial charge in [-0.05, 0) is 35.4 Å². The first-order valence-corrected chi connectivity index (χ1v) is 8.31. The Morgan fingerprint density at radius 3 is 2.12 bits per heavy atom. The van der Waals surface area contributed by atoms with Gasteiger partial charge in [0.25, 0.3) is 0 Å². The lowest BCUT2D eigenvalue weighted by Gasteiger charge is -2.08. The van der Waals surface area contributed by atoms with Crippen molar-refractivity contribution < 1.29 is 0 Å². The Labute approximate surface area is 154 Å². The summed E-state index contributed by atoms with van der Waals surface area (Å²) in [6, 6.07) is 11.0. The number of rotatable bonds is 4. The van der Waals surface area contributed by atoms with Crippen LogP contribution in [0.3, 0.4) is 0 Å². The molecule has 7 heteroatoms. The van der Waals surface area contributed by atoms with Gasteiger partial charge in [0.15, 0.2) is 0 Å². The lowest BCUT2D eigenvalue weighted by Crippen LogP contribution is -2.21. The fourth-order valence-electron chi connectivity index (χ4n) is 2.15. The molecule has 0 unspecified atom stereocenters. The second-order valence-electron chi connectivity index (χ2n) is 5.13. The first kappa shape index (κ1) is 17.0. The van der Waals surface area contributed by atoms with E-state index in [4.69, 9.17) is 34.8 Å². The predicted molar refractivity (Wildman–Crippen MR) is 96.3 cm³/mol. The van der Waals surface area contributed by atoms with Gasteiger partial charge < -0.3 is 4.57 Å². The van der Waals surface area contributed by atoms with Crippen molar-refractivity contribution in [2.75, 3.05) is 0 Å². The van der Waals surface area contributed by atoms with Crippen molar-refractivity contribution in [2.45, 2.75) is 13.1 Å². The summed E-state index contributed by atoms with van der Waals surface area (Å²) >= 11 is 17.7. The molecule has 3 heterocycles. The summed E-state index contributed by atoms with van der Waals surface area (Å²) in [6.45, 7) is 1.10. The van der Waals surface area contributed by atoms with Crippen LogP contribution in [0.4, 0.5) is 0 Å². The van der Waals surface area contributed by atoms with Gasteiger partial charge in [0.05, 0.1) is 18.1 Å². The van der Waals surface area contributed by atoms with Crippen LogP contribution in [0.1, 0.15) is 11.1 Å². The van der Waals surface area contributed by atoms with Crippen LogP contribution in [0.5, 0.6) is 0 Å². The zero-order valence-electron chi connectivity index (χ0n) is 12.5. The van der Waals surface area contributed by atoms with Crippen LogP contribution in [-0.2, 0) is 13.1 Å². The molecule has 4 nitrogen and oxygen atoms in total. The highest BCUT2D eigenvalue weighted by Crippen LogP contribution is 2.09. The van der Waals surface area contributed by atoms with Gasteiger partial charge in [-0.15, -0.1) is 0 Å². The molecular formula is C17H13Cl3N4. The Morgan fingerprint density at radius 2 is 1.50 bits per heavy atom. The molecule has 0 bridgehead atoms. The average molecular weight is 380 g/mol. The van der Waals surface area contributed by atoms with Gasteiger partial charge in [-0.25, -0.2) is 9.97 Å². The maximum absolute atomic E-state index is 6.12. The maximum Gasteiger partial charge on any atom is 0.129 e. The topological polar surface area (TPSA) is 43.1 Å². The van der Waals surface area contributed by atoms with Gasteiger partial charge in [0, 0.05) is 18.6 Å². The van der Waals surface area contributed by atoms with Crippen molar-refractivity contribution in [3.63, 3.8) is 0 Å². The van der Waals surface area contributed by atoms with E-state index in [0.717, 1.165) is 16.6 Å². The van der Waals surface area contributed by atoms with E-state index in [9.17, 15) is 0 Å². The van der Waals surface area contributed by atoms with E-state index in [1.807, 2.05) is 35.0 Å². The zero-order valence-corrected chi connectivity index (χ0v) is 14.8. The minimum atomic E-state index is 0.468. The summed E-state index contributed by atoms with van der Waals surface area (Å²) in [5.41, 5.74) is 2.80. The summed E-state index contributed by atoms with van der Waals surface area (Å²) in [4.78, 5) is 12.8. The smallest absolute Gasteiger partial charge is 0.129 e. The van der Waals surface area contributed by atoms with E-state index in [1.54, 1.807) is 24.5 Å². The third kappa shape index (κ3) is 4.57. The van der Waals surface area contributed by atoms with Crippen molar-refractivity contribution in [1.29, 1.82) is 0 Å². The first-order valence-electron chi connectivity index (χ1n) is 7.17. The highest BCUT2D eigenvalue weighted by Gasteiger charge is 2.00. The van der Waals surface area contributed by atoms with Gasteiger partial charge in [-0.1, -0.05) is 46.9 Å². The standard InChI is InChI=1S/C17H13Cl3N4/c18-14-3-6-17(23-8-12-1-4-15(19)21-7-12)24(11-14)10-13-2-5-16(20)22-9-13/h1-7,9,11H,8,10H2. The van der Waals surface area contributed by atoms with E-state index in [2.05, 4.69) is 15.0 Å². The highest BCUT2D eigenvalue weighted by molar-refractivity contribution is 6.30. The molecule has 0 aliphatic heterocycles. The monoisotopic (exact) mass is 378 g/mol. The van der Waals surface area contributed by atoms with Gasteiger partial charge in [0.1, 0.15) is 15.8 Å². The van der Waals surface area contributed by atoms with Crippen molar-refractivity contribution in [3.05, 3.63) is 86.9 Å². The molecule has 3 aromatic heterocycles. The third-order valence-electron chi connectivity index (χ3n) is 3.32. The van der Waals surface area contributed by atoms with Crippen LogP contribution >= 0.6 is 34.8 Å². The van der Waals surface area contributed by atoms with Gasteiger partial charge in [0.2, 0.25) is 0 Å². The van der Waals surface area contributed by atoms with Crippen LogP contribution in [0.2, 0.25) is 15.3 Å². The molecule has 3 aromatic rings. The first-order chi connectivity index (χ1) is 11.6. The van der Waals surface area contributed by atoms with Crippen molar-refractivity contribution in [2.24, 2.45) is 4.99 Å². The van der Waals surface area contributed by atoms with E-state index < -0.39 is 0 Å².